The summed E-state index contributed by atoms with van der Waals surface area (Å²) in [6, 6.07) is 38.5. The second-order valence-electron chi connectivity index (χ2n) is 14.2. The highest BCUT2D eigenvalue weighted by Gasteiger charge is 2.37. The Bertz CT molecular complexity index is 2710. The summed E-state index contributed by atoms with van der Waals surface area (Å²) >= 11 is 0. The van der Waals surface area contributed by atoms with Gasteiger partial charge < -0.3 is 13.9 Å². The van der Waals surface area contributed by atoms with Crippen LogP contribution in [-0.2, 0) is 6.42 Å². The Morgan fingerprint density at radius 3 is 2.41 bits per heavy atom. The SMILES string of the molecule is C1=CCC(n2c3ccccc3c3cccc(-c4ccc5c(c4)c4c(n5-c5ccc(-c6ccccc6)c6c5OC5C=CC=CC65)C=CCC4)c32)C=C1. The van der Waals surface area contributed by atoms with E-state index in [0.29, 0.717) is 0 Å². The van der Waals surface area contributed by atoms with E-state index in [0.717, 1.165) is 30.7 Å². The number of nitrogens with zero attached hydrogens (tertiary/aromatic N) is 2. The smallest absolute Gasteiger partial charge is 0.148 e. The third-order valence-corrected chi connectivity index (χ3v) is 11.5. The van der Waals surface area contributed by atoms with Gasteiger partial charge >= 0.3 is 0 Å². The van der Waals surface area contributed by atoms with Crippen LogP contribution in [0.4, 0.5) is 0 Å². The Balaban J connectivity index is 1.14. The predicted octanol–water partition coefficient (Wildman–Crippen LogP) is 12.1. The topological polar surface area (TPSA) is 19.1 Å². The molecular formula is C48H36N2O. The van der Waals surface area contributed by atoms with Crippen LogP contribution in [0.1, 0.15) is 41.6 Å². The normalized spacial score (nSPS) is 19.9. The van der Waals surface area contributed by atoms with E-state index in [1.807, 2.05) is 0 Å². The van der Waals surface area contributed by atoms with Crippen molar-refractivity contribution in [2.45, 2.75) is 37.3 Å². The minimum absolute atomic E-state index is 0.00449. The molecule has 3 unspecified atom stereocenters. The van der Waals surface area contributed by atoms with Crippen LogP contribution < -0.4 is 4.74 Å². The maximum absolute atomic E-state index is 6.91. The molecule has 3 nitrogen and oxygen atoms in total. The van der Waals surface area contributed by atoms with Crippen LogP contribution in [0.5, 0.6) is 5.75 Å². The Morgan fingerprint density at radius 2 is 1.49 bits per heavy atom. The fourth-order valence-electron chi connectivity index (χ4n) is 9.24. The quantitative estimate of drug-likeness (QED) is 0.184. The molecule has 3 atom stereocenters. The maximum atomic E-state index is 6.91. The molecule has 7 aromatic rings. The van der Waals surface area contributed by atoms with E-state index in [9.17, 15) is 0 Å². The van der Waals surface area contributed by atoms with Gasteiger partial charge in [-0.1, -0.05) is 127 Å². The maximum Gasteiger partial charge on any atom is 0.148 e. The first kappa shape index (κ1) is 28.7. The van der Waals surface area contributed by atoms with Gasteiger partial charge in [-0.05, 0) is 77.9 Å². The largest absolute Gasteiger partial charge is 0.483 e. The number of hydrogen-bond acceptors (Lipinski definition) is 1. The van der Waals surface area contributed by atoms with Crippen LogP contribution in [0.3, 0.4) is 0 Å². The van der Waals surface area contributed by atoms with E-state index in [1.165, 1.54) is 71.8 Å². The van der Waals surface area contributed by atoms with Gasteiger partial charge in [-0.2, -0.15) is 0 Å². The van der Waals surface area contributed by atoms with Crippen molar-refractivity contribution in [3.05, 3.63) is 175 Å². The van der Waals surface area contributed by atoms with Gasteiger partial charge in [0.15, 0.2) is 0 Å². The average molecular weight is 657 g/mol. The van der Waals surface area contributed by atoms with Gasteiger partial charge in [0, 0.05) is 44.4 Å². The van der Waals surface area contributed by atoms with Crippen LogP contribution >= 0.6 is 0 Å². The lowest BCUT2D eigenvalue weighted by atomic mass is 9.86. The first-order chi connectivity index (χ1) is 25.3. The van der Waals surface area contributed by atoms with Gasteiger partial charge in [0.1, 0.15) is 11.9 Å². The van der Waals surface area contributed by atoms with E-state index in [2.05, 4.69) is 173 Å². The molecule has 0 fully saturated rings. The monoisotopic (exact) mass is 656 g/mol. The number of para-hydroxylation sites is 2. The second-order valence-corrected chi connectivity index (χ2v) is 14.2. The Hall–Kier alpha value is -6.06. The van der Waals surface area contributed by atoms with E-state index < -0.39 is 0 Å². The van der Waals surface area contributed by atoms with Crippen LogP contribution in [0.2, 0.25) is 0 Å². The molecule has 0 spiro atoms. The molecule has 1 aliphatic heterocycles. The predicted molar refractivity (Wildman–Crippen MR) is 212 cm³/mol. The lowest BCUT2D eigenvalue weighted by Crippen LogP contribution is -2.16. The summed E-state index contributed by atoms with van der Waals surface area (Å²) in [5.41, 5.74) is 13.9. The zero-order chi connectivity index (χ0) is 33.5. The van der Waals surface area contributed by atoms with Gasteiger partial charge in [-0.15, -0.1) is 0 Å². The summed E-state index contributed by atoms with van der Waals surface area (Å²) in [6.45, 7) is 0. The lowest BCUT2D eigenvalue weighted by molar-refractivity contribution is 0.268. The average Bonchev–Trinajstić information content (AvgIpc) is 3.86. The summed E-state index contributed by atoms with van der Waals surface area (Å²) in [5.74, 6) is 1.18. The van der Waals surface area contributed by atoms with Gasteiger partial charge in [0.25, 0.3) is 0 Å². The summed E-state index contributed by atoms with van der Waals surface area (Å²) < 4.78 is 12.0. The molecule has 0 amide bonds. The molecule has 11 rings (SSSR count). The Kier molecular flexibility index (Phi) is 6.33. The highest BCUT2D eigenvalue weighted by Crippen LogP contribution is 2.51. The molecule has 5 aromatic carbocycles. The van der Waals surface area contributed by atoms with E-state index >= 15 is 0 Å². The number of fused-ring (bicyclic) bond motifs is 9. The Morgan fingerprint density at radius 1 is 0.627 bits per heavy atom. The minimum Gasteiger partial charge on any atom is -0.483 e. The third-order valence-electron chi connectivity index (χ3n) is 11.5. The highest BCUT2D eigenvalue weighted by molar-refractivity contribution is 6.13. The van der Waals surface area contributed by atoms with Gasteiger partial charge in [0.05, 0.1) is 22.8 Å². The zero-order valence-corrected chi connectivity index (χ0v) is 28.2. The van der Waals surface area contributed by atoms with E-state index in [4.69, 9.17) is 4.74 Å². The van der Waals surface area contributed by atoms with E-state index in [-0.39, 0.29) is 18.1 Å². The standard InChI is InChI=1S/C48H36N2O/c1-3-14-31(15-4-1)34-27-29-44(48-46(34)39-20-9-12-25-45(39)51-48)50-42-24-11-8-19-37(42)40-30-32(26-28-43(40)50)35-21-13-22-38-36-18-7-10-23-41(36)49(47(35)38)33-16-5-2-6-17-33/h1-7,9-16,18,20-30,33,39,45H,8,17,19H2. The lowest BCUT2D eigenvalue weighted by Gasteiger charge is -2.20. The first-order valence-electron chi connectivity index (χ1n) is 18.3. The summed E-state index contributed by atoms with van der Waals surface area (Å²) in [6.07, 6.45) is 25.5. The molecule has 0 bridgehead atoms. The summed E-state index contributed by atoms with van der Waals surface area (Å²) in [5, 5.41) is 3.94. The van der Waals surface area contributed by atoms with Crippen LogP contribution in [0.25, 0.3) is 66.7 Å². The zero-order valence-electron chi connectivity index (χ0n) is 28.2. The Labute approximate surface area is 297 Å². The molecule has 0 saturated carbocycles. The number of aromatic nitrogens is 2. The minimum atomic E-state index is -0.00449. The van der Waals surface area contributed by atoms with Gasteiger partial charge in [-0.25, -0.2) is 0 Å². The van der Waals surface area contributed by atoms with Crippen molar-refractivity contribution in [2.75, 3.05) is 0 Å². The summed E-state index contributed by atoms with van der Waals surface area (Å²) in [4.78, 5) is 0. The number of benzene rings is 5. The second kappa shape index (κ2) is 11.2. The molecule has 3 heteroatoms. The molecule has 0 saturated heterocycles. The first-order valence-corrected chi connectivity index (χ1v) is 18.3. The number of ether oxygens (including phenoxy) is 1. The molecule has 3 aliphatic carbocycles. The fraction of sp³-hybridized carbons (Fsp3) is 0.125. The highest BCUT2D eigenvalue weighted by atomic mass is 16.5. The fourth-order valence-corrected chi connectivity index (χ4v) is 9.24. The van der Waals surface area contributed by atoms with Crippen molar-refractivity contribution in [1.29, 1.82) is 0 Å². The van der Waals surface area contributed by atoms with Crippen molar-refractivity contribution < 1.29 is 4.74 Å². The van der Waals surface area contributed by atoms with Gasteiger partial charge in [0.2, 0.25) is 0 Å². The number of aryl methyl sites for hydroxylation is 1. The third kappa shape index (κ3) is 4.24. The van der Waals surface area contributed by atoms with Crippen molar-refractivity contribution in [3.63, 3.8) is 0 Å². The molecule has 2 aromatic heterocycles. The molecule has 0 N–H and O–H groups in total. The number of hydrogen-bond donors (Lipinski definition) is 0. The summed E-state index contributed by atoms with van der Waals surface area (Å²) in [7, 11) is 0. The number of allylic oxidation sites excluding steroid dienone is 7. The van der Waals surface area contributed by atoms with Crippen LogP contribution in [0, 0.1) is 0 Å². The van der Waals surface area contributed by atoms with E-state index in [1.54, 1.807) is 0 Å². The molecule has 244 valence electrons. The molecule has 3 heterocycles. The molecule has 4 aliphatic rings. The molecular weight excluding hydrogens is 621 g/mol. The number of rotatable bonds is 4. The molecule has 51 heavy (non-hydrogen) atoms. The van der Waals surface area contributed by atoms with Crippen molar-refractivity contribution >= 4 is 38.8 Å². The van der Waals surface area contributed by atoms with Crippen LogP contribution in [-0.4, -0.2) is 15.2 Å². The van der Waals surface area contributed by atoms with Gasteiger partial charge in [-0.3, -0.25) is 0 Å². The van der Waals surface area contributed by atoms with Crippen molar-refractivity contribution in [1.82, 2.24) is 9.13 Å². The van der Waals surface area contributed by atoms with Crippen LogP contribution in [0.15, 0.2) is 158 Å². The van der Waals surface area contributed by atoms with Crippen molar-refractivity contribution in [3.8, 4) is 33.7 Å². The molecule has 0 radical (unpaired) electrons. The van der Waals surface area contributed by atoms with Crippen molar-refractivity contribution in [2.24, 2.45) is 0 Å².